The number of hydrogen-bond donors (Lipinski definition) is 0. The van der Waals surface area contributed by atoms with Gasteiger partial charge >= 0.3 is 0 Å². The summed E-state index contributed by atoms with van der Waals surface area (Å²) in [6.07, 6.45) is 0. The molecule has 0 saturated carbocycles. The van der Waals surface area contributed by atoms with Crippen LogP contribution in [0.5, 0.6) is 0 Å². The van der Waals surface area contributed by atoms with Gasteiger partial charge in [0.05, 0.1) is 5.69 Å². The molecule has 0 radical (unpaired) electrons. The van der Waals surface area contributed by atoms with E-state index in [0.717, 1.165) is 15.6 Å². The van der Waals surface area contributed by atoms with Crippen molar-refractivity contribution in [2.45, 2.75) is 0 Å². The summed E-state index contributed by atoms with van der Waals surface area (Å²) in [6.45, 7) is 0. The monoisotopic (exact) mass is 287 g/mol. The van der Waals surface area contributed by atoms with Gasteiger partial charge in [0.15, 0.2) is 5.13 Å². The number of anilines is 1. The summed E-state index contributed by atoms with van der Waals surface area (Å²) in [5, 5.41) is 3.43. The Kier molecular flexibility index (Phi) is 3.31. The molecule has 3 nitrogen and oxygen atoms in total. The molecule has 3 aromatic rings. The normalized spacial score (nSPS) is 12.0. The Morgan fingerprint density at radius 3 is 2.53 bits per heavy atom. The van der Waals surface area contributed by atoms with Gasteiger partial charge < -0.3 is 4.90 Å². The summed E-state index contributed by atoms with van der Waals surface area (Å²) >= 11 is 0. The molecule has 19 heavy (non-hydrogen) atoms. The van der Waals surface area contributed by atoms with E-state index >= 15 is 0 Å². The molecule has 0 fully saturated rings. The van der Waals surface area contributed by atoms with Gasteiger partial charge in [-0.3, -0.25) is 0 Å². The smallest absolute Gasteiger partial charge is 0.222 e. The maximum Gasteiger partial charge on any atom is 0.222 e. The highest BCUT2D eigenvalue weighted by Crippen LogP contribution is 2.21. The maximum atomic E-state index is 4.59. The van der Waals surface area contributed by atoms with Gasteiger partial charge in [-0.2, -0.15) is 4.98 Å². The molecule has 2 aromatic carbocycles. The van der Waals surface area contributed by atoms with Gasteiger partial charge in [0.25, 0.3) is 0 Å². The molecule has 0 atom stereocenters. The highest BCUT2D eigenvalue weighted by Gasteiger charge is 2.00. The van der Waals surface area contributed by atoms with Crippen LogP contribution in [0.15, 0.2) is 47.5 Å². The third kappa shape index (κ3) is 2.67. The first-order valence-corrected chi connectivity index (χ1v) is 8.05. The highest BCUT2D eigenvalue weighted by atomic mass is 32.9. The Labute approximate surface area is 118 Å². The predicted octanol–water partition coefficient (Wildman–Crippen LogP) is 3.66. The summed E-state index contributed by atoms with van der Waals surface area (Å²) in [4.78, 5) is 11.9. The van der Waals surface area contributed by atoms with Crippen LogP contribution < -0.4 is 9.70 Å². The lowest BCUT2D eigenvalue weighted by molar-refractivity contribution is 1.08. The molecule has 0 bridgehead atoms. The van der Waals surface area contributed by atoms with E-state index in [2.05, 4.69) is 34.2 Å². The quantitative estimate of drug-likeness (QED) is 0.673. The van der Waals surface area contributed by atoms with Gasteiger partial charge in [0, 0.05) is 14.1 Å². The van der Waals surface area contributed by atoms with Crippen molar-refractivity contribution in [3.63, 3.8) is 0 Å². The average Bonchev–Trinajstić information content (AvgIpc) is 2.87. The van der Waals surface area contributed by atoms with Crippen LogP contribution in [0.4, 0.5) is 10.8 Å². The lowest BCUT2D eigenvalue weighted by atomic mass is 10.1. The minimum atomic E-state index is 0.809. The molecule has 0 aliphatic heterocycles. The second kappa shape index (κ2) is 5.11. The van der Waals surface area contributed by atoms with E-state index in [9.17, 15) is 0 Å². The van der Waals surface area contributed by atoms with Gasteiger partial charge in [-0.05, 0) is 43.6 Å². The molecule has 96 valence electrons. The summed E-state index contributed by atoms with van der Waals surface area (Å²) in [7, 11) is 7.23. The molecular weight excluding hydrogens is 274 g/mol. The van der Waals surface area contributed by atoms with Crippen LogP contribution in [0.3, 0.4) is 0 Å². The first-order valence-electron chi connectivity index (χ1n) is 5.90. The zero-order valence-electron chi connectivity index (χ0n) is 10.7. The topological polar surface area (TPSA) is 28.5 Å². The van der Waals surface area contributed by atoms with Crippen LogP contribution in [0.1, 0.15) is 0 Å². The second-order valence-electron chi connectivity index (χ2n) is 4.38. The van der Waals surface area contributed by atoms with Crippen LogP contribution in [0.2, 0.25) is 0 Å². The summed E-state index contributed by atoms with van der Waals surface area (Å²) in [5.41, 5.74) is 0.950. The van der Waals surface area contributed by atoms with Crippen LogP contribution in [0.25, 0.3) is 10.8 Å². The minimum Gasteiger partial charge on any atom is -0.353 e. The highest BCUT2D eigenvalue weighted by molar-refractivity contribution is 7.69. The molecule has 0 aliphatic rings. The molecular formula is C14H13N3S2. The number of aromatic nitrogens is 1. The SMILES string of the molecule is CN(C)c1nc(=Nc2ccc3ccccc3c2)ss1. The van der Waals surface area contributed by atoms with Crippen molar-refractivity contribution in [2.75, 3.05) is 19.0 Å². The van der Waals surface area contributed by atoms with E-state index in [1.165, 1.54) is 10.8 Å². The summed E-state index contributed by atoms with van der Waals surface area (Å²) in [5.74, 6) is 0. The maximum absolute atomic E-state index is 4.59. The zero-order chi connectivity index (χ0) is 13.2. The number of benzene rings is 2. The molecule has 1 heterocycles. The minimum absolute atomic E-state index is 0.809. The fourth-order valence-electron chi connectivity index (χ4n) is 1.77. The summed E-state index contributed by atoms with van der Waals surface area (Å²) in [6, 6.07) is 14.5. The van der Waals surface area contributed by atoms with Crippen molar-refractivity contribution < 1.29 is 0 Å². The van der Waals surface area contributed by atoms with E-state index in [-0.39, 0.29) is 0 Å². The Balaban J connectivity index is 2.04. The van der Waals surface area contributed by atoms with Crippen molar-refractivity contribution in [3.05, 3.63) is 47.3 Å². The molecule has 0 aliphatic carbocycles. The van der Waals surface area contributed by atoms with E-state index in [4.69, 9.17) is 0 Å². The standard InChI is InChI=1S/C14H13N3S2/c1-17(2)14-16-13(18-19-14)15-12-8-7-10-5-3-4-6-11(10)9-12/h3-9H,1-2H3. The first-order chi connectivity index (χ1) is 9.22. The Hall–Kier alpha value is -1.72. The van der Waals surface area contributed by atoms with Gasteiger partial charge in [-0.1, -0.05) is 30.3 Å². The van der Waals surface area contributed by atoms with Gasteiger partial charge in [0.2, 0.25) is 4.80 Å². The van der Waals surface area contributed by atoms with Crippen LogP contribution >= 0.6 is 20.7 Å². The predicted molar refractivity (Wildman–Crippen MR) is 83.5 cm³/mol. The van der Waals surface area contributed by atoms with Gasteiger partial charge in [0.1, 0.15) is 0 Å². The third-order valence-corrected chi connectivity index (χ3v) is 4.89. The Bertz CT molecular complexity index is 771. The summed E-state index contributed by atoms with van der Waals surface area (Å²) < 4.78 is 0. The molecule has 0 N–H and O–H groups in total. The van der Waals surface area contributed by atoms with Gasteiger partial charge in [-0.15, -0.1) is 0 Å². The average molecular weight is 287 g/mol. The largest absolute Gasteiger partial charge is 0.353 e. The third-order valence-electron chi connectivity index (χ3n) is 2.72. The first kappa shape index (κ1) is 12.3. The Morgan fingerprint density at radius 1 is 1.00 bits per heavy atom. The van der Waals surface area contributed by atoms with Crippen molar-refractivity contribution >= 4 is 42.3 Å². The van der Waals surface area contributed by atoms with E-state index < -0.39 is 0 Å². The number of fused-ring (bicyclic) bond motifs is 1. The van der Waals surface area contributed by atoms with Crippen molar-refractivity contribution in [3.8, 4) is 0 Å². The van der Waals surface area contributed by atoms with Crippen molar-refractivity contribution in [1.29, 1.82) is 0 Å². The van der Waals surface area contributed by atoms with Crippen molar-refractivity contribution in [2.24, 2.45) is 4.99 Å². The van der Waals surface area contributed by atoms with E-state index in [0.29, 0.717) is 0 Å². The number of hydrogen-bond acceptors (Lipinski definition) is 5. The molecule has 3 rings (SSSR count). The molecule has 0 saturated heterocycles. The number of nitrogens with zero attached hydrogens (tertiary/aromatic N) is 3. The van der Waals surface area contributed by atoms with E-state index in [1.54, 1.807) is 20.7 Å². The van der Waals surface area contributed by atoms with Crippen LogP contribution in [-0.2, 0) is 0 Å². The lowest BCUT2D eigenvalue weighted by Gasteiger charge is -2.03. The van der Waals surface area contributed by atoms with Crippen molar-refractivity contribution in [1.82, 2.24) is 4.98 Å². The van der Waals surface area contributed by atoms with E-state index in [1.807, 2.05) is 37.2 Å². The molecule has 1 aromatic heterocycles. The fourth-order valence-corrected chi connectivity index (χ4v) is 3.74. The van der Waals surface area contributed by atoms with Crippen LogP contribution in [-0.4, -0.2) is 19.1 Å². The zero-order valence-corrected chi connectivity index (χ0v) is 12.3. The van der Waals surface area contributed by atoms with Gasteiger partial charge in [-0.25, -0.2) is 4.99 Å². The molecule has 0 spiro atoms. The van der Waals surface area contributed by atoms with Crippen LogP contribution in [0, 0.1) is 0 Å². The Morgan fingerprint density at radius 2 is 1.79 bits per heavy atom. The lowest BCUT2D eigenvalue weighted by Crippen LogP contribution is -2.10. The molecule has 0 amide bonds. The molecule has 5 heteroatoms. The fraction of sp³-hybridized carbons (Fsp3) is 0.143. The number of rotatable bonds is 2. The molecule has 0 unspecified atom stereocenters. The second-order valence-corrected chi connectivity index (χ2v) is 6.44.